The van der Waals surface area contributed by atoms with Gasteiger partial charge < -0.3 is 5.11 Å². The van der Waals surface area contributed by atoms with Crippen molar-refractivity contribution in [3.63, 3.8) is 0 Å². The van der Waals surface area contributed by atoms with Crippen LogP contribution < -0.4 is 0 Å². The number of halogens is 3. The van der Waals surface area contributed by atoms with Crippen molar-refractivity contribution in [2.45, 2.75) is 12.3 Å². The molecule has 1 unspecified atom stereocenters. The van der Waals surface area contributed by atoms with Gasteiger partial charge in [0.25, 0.3) is 0 Å². The highest BCUT2D eigenvalue weighted by Gasteiger charge is 2.31. The van der Waals surface area contributed by atoms with E-state index in [0.717, 1.165) is 12.1 Å². The van der Waals surface area contributed by atoms with E-state index in [1.165, 1.54) is 30.7 Å². The monoisotopic (exact) mass is 254 g/mol. The molecule has 0 aliphatic carbocycles. The molecule has 0 amide bonds. The first-order valence-electron chi connectivity index (χ1n) is 5.09. The highest BCUT2D eigenvalue weighted by molar-refractivity contribution is 5.30. The van der Waals surface area contributed by atoms with E-state index in [-0.39, 0.29) is 11.3 Å². The number of aliphatic hydroxyl groups excluding tert-OH is 1. The van der Waals surface area contributed by atoms with Crippen LogP contribution in [0.5, 0.6) is 0 Å². The molecule has 0 fully saturated rings. The van der Waals surface area contributed by atoms with Crippen molar-refractivity contribution in [2.75, 3.05) is 0 Å². The van der Waals surface area contributed by atoms with Crippen LogP contribution in [0.25, 0.3) is 0 Å². The van der Waals surface area contributed by atoms with E-state index in [9.17, 15) is 18.3 Å². The van der Waals surface area contributed by atoms with Gasteiger partial charge in [0, 0.05) is 6.20 Å². The molecule has 18 heavy (non-hydrogen) atoms. The lowest BCUT2D eigenvalue weighted by Crippen LogP contribution is -2.08. The molecule has 0 spiro atoms. The normalized spacial score (nSPS) is 13.3. The number of hydrogen-bond acceptors (Lipinski definition) is 3. The van der Waals surface area contributed by atoms with Gasteiger partial charge in [0.2, 0.25) is 0 Å². The number of hydrogen-bond donors (Lipinski definition) is 1. The van der Waals surface area contributed by atoms with Gasteiger partial charge in [-0.05, 0) is 23.8 Å². The van der Waals surface area contributed by atoms with E-state index < -0.39 is 17.8 Å². The Labute approximate surface area is 101 Å². The second-order valence-electron chi connectivity index (χ2n) is 3.66. The topological polar surface area (TPSA) is 46.0 Å². The Bertz CT molecular complexity index is 528. The largest absolute Gasteiger partial charge is 0.416 e. The van der Waals surface area contributed by atoms with Crippen LogP contribution in [0.4, 0.5) is 13.2 Å². The molecule has 2 aromatic rings. The van der Waals surface area contributed by atoms with Gasteiger partial charge in [-0.15, -0.1) is 0 Å². The van der Waals surface area contributed by atoms with E-state index in [2.05, 4.69) is 9.97 Å². The molecule has 0 saturated heterocycles. The molecular formula is C12H9F3N2O. The molecular weight excluding hydrogens is 245 g/mol. The summed E-state index contributed by atoms with van der Waals surface area (Å²) in [6.07, 6.45) is -2.98. The van der Waals surface area contributed by atoms with Gasteiger partial charge in [0.05, 0.1) is 11.3 Å². The first-order valence-corrected chi connectivity index (χ1v) is 5.09. The van der Waals surface area contributed by atoms with Gasteiger partial charge in [0.15, 0.2) is 0 Å². The predicted molar refractivity (Wildman–Crippen MR) is 57.5 cm³/mol. The highest BCUT2D eigenvalue weighted by atomic mass is 19.4. The maximum absolute atomic E-state index is 12.5. The number of aliphatic hydroxyl groups is 1. The van der Waals surface area contributed by atoms with Crippen LogP contribution in [-0.2, 0) is 6.18 Å². The summed E-state index contributed by atoms with van der Waals surface area (Å²) in [5.74, 6) is 0. The zero-order valence-corrected chi connectivity index (χ0v) is 9.09. The summed E-state index contributed by atoms with van der Waals surface area (Å²) in [5, 5.41) is 9.92. The third kappa shape index (κ3) is 2.65. The highest BCUT2D eigenvalue weighted by Crippen LogP contribution is 2.31. The lowest BCUT2D eigenvalue weighted by molar-refractivity contribution is -0.137. The number of benzene rings is 1. The molecule has 3 nitrogen and oxygen atoms in total. The van der Waals surface area contributed by atoms with E-state index in [1.54, 1.807) is 0 Å². The molecule has 6 heteroatoms. The molecule has 1 atom stereocenters. The third-order valence-corrected chi connectivity index (χ3v) is 2.41. The first kappa shape index (κ1) is 12.5. The van der Waals surface area contributed by atoms with E-state index >= 15 is 0 Å². The molecule has 0 aliphatic rings. The van der Waals surface area contributed by atoms with Crippen LogP contribution in [0.2, 0.25) is 0 Å². The van der Waals surface area contributed by atoms with Crippen molar-refractivity contribution in [1.29, 1.82) is 0 Å². The average molecular weight is 254 g/mol. The summed E-state index contributed by atoms with van der Waals surface area (Å²) < 4.78 is 37.6. The van der Waals surface area contributed by atoms with Crippen molar-refractivity contribution < 1.29 is 18.3 Å². The lowest BCUT2D eigenvalue weighted by atomic mass is 10.0. The summed E-state index contributed by atoms with van der Waals surface area (Å²) in [4.78, 5) is 7.48. The smallest absolute Gasteiger partial charge is 0.382 e. The summed E-state index contributed by atoms with van der Waals surface area (Å²) in [7, 11) is 0. The molecule has 2 rings (SSSR count). The fraction of sp³-hybridized carbons (Fsp3) is 0.167. The van der Waals surface area contributed by atoms with Crippen LogP contribution in [0.15, 0.2) is 42.9 Å². The fourth-order valence-corrected chi connectivity index (χ4v) is 1.52. The second-order valence-corrected chi connectivity index (χ2v) is 3.66. The summed E-state index contributed by atoms with van der Waals surface area (Å²) in [6.45, 7) is 0. The van der Waals surface area contributed by atoms with Crippen molar-refractivity contribution in [3.8, 4) is 0 Å². The number of rotatable bonds is 2. The fourth-order valence-electron chi connectivity index (χ4n) is 1.52. The van der Waals surface area contributed by atoms with Gasteiger partial charge in [-0.3, -0.25) is 0 Å². The maximum atomic E-state index is 12.5. The lowest BCUT2D eigenvalue weighted by Gasteiger charge is -2.13. The molecule has 1 heterocycles. The second kappa shape index (κ2) is 4.73. The van der Waals surface area contributed by atoms with Gasteiger partial charge in [0.1, 0.15) is 12.4 Å². The van der Waals surface area contributed by atoms with E-state index in [0.29, 0.717) is 0 Å². The Morgan fingerprint density at radius 3 is 2.56 bits per heavy atom. The SMILES string of the molecule is OC(c1cccc(C(F)(F)F)c1)c1ccncn1. The summed E-state index contributed by atoms with van der Waals surface area (Å²) in [6, 6.07) is 5.98. The van der Waals surface area contributed by atoms with Gasteiger partial charge in [-0.1, -0.05) is 12.1 Å². The van der Waals surface area contributed by atoms with Crippen LogP contribution in [0, 0.1) is 0 Å². The molecule has 0 aliphatic heterocycles. The Hall–Kier alpha value is -1.95. The maximum Gasteiger partial charge on any atom is 0.416 e. The Balaban J connectivity index is 2.35. The average Bonchev–Trinajstić information content (AvgIpc) is 2.38. The van der Waals surface area contributed by atoms with Crippen molar-refractivity contribution in [2.24, 2.45) is 0 Å². The zero-order chi connectivity index (χ0) is 13.2. The quantitative estimate of drug-likeness (QED) is 0.895. The van der Waals surface area contributed by atoms with Crippen molar-refractivity contribution in [3.05, 3.63) is 59.7 Å². The minimum Gasteiger partial charge on any atom is -0.382 e. The molecule has 0 radical (unpaired) electrons. The number of alkyl halides is 3. The summed E-state index contributed by atoms with van der Waals surface area (Å²) in [5.41, 5.74) is -0.402. The van der Waals surface area contributed by atoms with E-state index in [4.69, 9.17) is 0 Å². The minimum atomic E-state index is -4.43. The molecule has 0 saturated carbocycles. The molecule has 1 aromatic carbocycles. The Morgan fingerprint density at radius 1 is 1.17 bits per heavy atom. The van der Waals surface area contributed by atoms with Gasteiger partial charge in [-0.25, -0.2) is 9.97 Å². The van der Waals surface area contributed by atoms with Crippen LogP contribution in [-0.4, -0.2) is 15.1 Å². The van der Waals surface area contributed by atoms with Crippen LogP contribution in [0.1, 0.15) is 22.9 Å². The van der Waals surface area contributed by atoms with E-state index in [1.807, 2.05) is 0 Å². The summed E-state index contributed by atoms with van der Waals surface area (Å²) >= 11 is 0. The predicted octanol–water partition coefficient (Wildman–Crippen LogP) is 2.58. The third-order valence-electron chi connectivity index (χ3n) is 2.41. The number of aromatic nitrogens is 2. The number of nitrogens with zero attached hydrogens (tertiary/aromatic N) is 2. The van der Waals surface area contributed by atoms with Gasteiger partial charge in [-0.2, -0.15) is 13.2 Å². The van der Waals surface area contributed by atoms with Gasteiger partial charge >= 0.3 is 6.18 Å². The van der Waals surface area contributed by atoms with Crippen molar-refractivity contribution in [1.82, 2.24) is 9.97 Å². The molecule has 1 N–H and O–H groups in total. The zero-order valence-electron chi connectivity index (χ0n) is 9.09. The minimum absolute atomic E-state index is 0.142. The standard InChI is InChI=1S/C12H9F3N2O/c13-12(14,15)9-3-1-2-8(6-9)11(18)10-4-5-16-7-17-10/h1-7,11,18H. The van der Waals surface area contributed by atoms with Crippen LogP contribution >= 0.6 is 0 Å². The van der Waals surface area contributed by atoms with Crippen molar-refractivity contribution >= 4 is 0 Å². The molecule has 0 bridgehead atoms. The molecule has 94 valence electrons. The Kier molecular flexibility index (Phi) is 3.29. The Morgan fingerprint density at radius 2 is 1.94 bits per heavy atom. The first-order chi connectivity index (χ1) is 8.48. The van der Waals surface area contributed by atoms with Crippen LogP contribution in [0.3, 0.4) is 0 Å². The molecule has 1 aromatic heterocycles.